The highest BCUT2D eigenvalue weighted by molar-refractivity contribution is 6.06. The highest BCUT2D eigenvalue weighted by Gasteiger charge is 2.25. The van der Waals surface area contributed by atoms with Crippen molar-refractivity contribution in [1.82, 2.24) is 4.98 Å². The third-order valence-corrected chi connectivity index (χ3v) is 2.21. The largest absolute Gasteiger partial charge is 0.325 e. The van der Waals surface area contributed by atoms with Crippen LogP contribution in [0.5, 0.6) is 0 Å². The summed E-state index contributed by atoms with van der Waals surface area (Å²) in [5, 5.41) is 2.45. The SMILES string of the molecule is CC(C)(C)C(=O)Nc1ccncc1C(=O)C(F)F. The van der Waals surface area contributed by atoms with E-state index in [1.54, 1.807) is 20.8 Å². The first-order chi connectivity index (χ1) is 8.23. The summed E-state index contributed by atoms with van der Waals surface area (Å²) in [5.41, 5.74) is -0.922. The van der Waals surface area contributed by atoms with Crippen LogP contribution in [0, 0.1) is 5.41 Å². The van der Waals surface area contributed by atoms with E-state index in [0.717, 1.165) is 6.20 Å². The lowest BCUT2D eigenvalue weighted by atomic mass is 9.95. The number of ketones is 1. The Morgan fingerprint density at radius 2 is 1.94 bits per heavy atom. The number of halogens is 2. The van der Waals surface area contributed by atoms with E-state index in [4.69, 9.17) is 0 Å². The predicted molar refractivity (Wildman–Crippen MR) is 62.7 cm³/mol. The molecule has 1 aromatic rings. The molecule has 0 aliphatic rings. The van der Waals surface area contributed by atoms with E-state index in [1.165, 1.54) is 12.3 Å². The summed E-state index contributed by atoms with van der Waals surface area (Å²) in [7, 11) is 0. The smallest absolute Gasteiger partial charge is 0.300 e. The number of amides is 1. The number of aromatic nitrogens is 1. The molecule has 0 aromatic carbocycles. The third kappa shape index (κ3) is 3.32. The molecular weight excluding hydrogens is 242 g/mol. The molecule has 18 heavy (non-hydrogen) atoms. The number of nitrogens with zero attached hydrogens (tertiary/aromatic N) is 1. The number of carbonyl (C=O) groups is 2. The molecule has 1 rings (SSSR count). The van der Waals surface area contributed by atoms with E-state index in [9.17, 15) is 18.4 Å². The van der Waals surface area contributed by atoms with Gasteiger partial charge in [-0.1, -0.05) is 20.8 Å². The van der Waals surface area contributed by atoms with Gasteiger partial charge in [0, 0.05) is 17.8 Å². The van der Waals surface area contributed by atoms with Crippen molar-refractivity contribution in [3.05, 3.63) is 24.0 Å². The Bertz CT molecular complexity index is 467. The number of hydrogen-bond donors (Lipinski definition) is 1. The zero-order valence-electron chi connectivity index (χ0n) is 10.3. The topological polar surface area (TPSA) is 59.1 Å². The molecular formula is C12H14F2N2O2. The fraction of sp³-hybridized carbons (Fsp3) is 0.417. The average Bonchev–Trinajstić information content (AvgIpc) is 2.27. The van der Waals surface area contributed by atoms with Crippen molar-refractivity contribution in [2.75, 3.05) is 5.32 Å². The molecule has 0 bridgehead atoms. The molecule has 1 aromatic heterocycles. The molecule has 0 aliphatic heterocycles. The highest BCUT2D eigenvalue weighted by Crippen LogP contribution is 2.21. The lowest BCUT2D eigenvalue weighted by Crippen LogP contribution is -2.28. The average molecular weight is 256 g/mol. The summed E-state index contributed by atoms with van der Waals surface area (Å²) in [6.07, 6.45) is -0.785. The third-order valence-electron chi connectivity index (χ3n) is 2.21. The number of Topliss-reactive ketones (excluding diaryl/α,β-unsaturated/α-hetero) is 1. The normalized spacial score (nSPS) is 11.4. The molecule has 0 saturated heterocycles. The van der Waals surface area contributed by atoms with Crippen LogP contribution in [0.4, 0.5) is 14.5 Å². The molecule has 0 spiro atoms. The quantitative estimate of drug-likeness (QED) is 0.845. The van der Waals surface area contributed by atoms with E-state index in [-0.39, 0.29) is 17.2 Å². The highest BCUT2D eigenvalue weighted by atomic mass is 19.3. The number of alkyl halides is 2. The Kier molecular flexibility index (Phi) is 4.11. The maximum absolute atomic E-state index is 12.4. The molecule has 0 saturated carbocycles. The number of anilines is 1. The number of nitrogens with one attached hydrogen (secondary N) is 1. The van der Waals surface area contributed by atoms with Crippen LogP contribution in [-0.4, -0.2) is 23.1 Å². The van der Waals surface area contributed by atoms with Crippen molar-refractivity contribution in [3.8, 4) is 0 Å². The predicted octanol–water partition coefficient (Wildman–Crippen LogP) is 2.51. The van der Waals surface area contributed by atoms with Crippen LogP contribution < -0.4 is 5.32 Å². The van der Waals surface area contributed by atoms with Crippen molar-refractivity contribution >= 4 is 17.4 Å². The van der Waals surface area contributed by atoms with Gasteiger partial charge in [0.15, 0.2) is 0 Å². The number of carbonyl (C=O) groups excluding carboxylic acids is 2. The van der Waals surface area contributed by atoms with Gasteiger partial charge in [0.1, 0.15) is 0 Å². The van der Waals surface area contributed by atoms with Gasteiger partial charge in [-0.25, -0.2) is 8.78 Å². The van der Waals surface area contributed by atoms with Gasteiger partial charge >= 0.3 is 6.43 Å². The minimum absolute atomic E-state index is 0.0511. The van der Waals surface area contributed by atoms with Gasteiger partial charge in [-0.3, -0.25) is 14.6 Å². The van der Waals surface area contributed by atoms with Crippen LogP contribution in [0.1, 0.15) is 31.1 Å². The van der Waals surface area contributed by atoms with E-state index in [1.807, 2.05) is 0 Å². The van der Waals surface area contributed by atoms with Crippen LogP contribution >= 0.6 is 0 Å². The van der Waals surface area contributed by atoms with E-state index in [0.29, 0.717) is 0 Å². The Labute approximate surface area is 103 Å². The standard InChI is InChI=1S/C12H14F2N2O2/c1-12(2,3)11(18)16-8-4-5-15-6-7(8)9(17)10(13)14/h4-6,10H,1-3H3,(H,15,16,18). The van der Waals surface area contributed by atoms with Gasteiger partial charge < -0.3 is 5.32 Å². The van der Waals surface area contributed by atoms with Crippen LogP contribution in [0.25, 0.3) is 0 Å². The molecule has 0 unspecified atom stereocenters. The summed E-state index contributed by atoms with van der Waals surface area (Å²) >= 11 is 0. The zero-order chi connectivity index (χ0) is 13.9. The molecule has 1 N–H and O–H groups in total. The monoisotopic (exact) mass is 256 g/mol. The van der Waals surface area contributed by atoms with Crippen molar-refractivity contribution in [2.45, 2.75) is 27.2 Å². The Balaban J connectivity index is 3.04. The molecule has 6 heteroatoms. The maximum atomic E-state index is 12.4. The maximum Gasteiger partial charge on any atom is 0.300 e. The van der Waals surface area contributed by atoms with Crippen molar-refractivity contribution in [1.29, 1.82) is 0 Å². The van der Waals surface area contributed by atoms with E-state index >= 15 is 0 Å². The van der Waals surface area contributed by atoms with Crippen LogP contribution in [-0.2, 0) is 4.79 Å². The van der Waals surface area contributed by atoms with Gasteiger partial charge in [-0.15, -0.1) is 0 Å². The van der Waals surface area contributed by atoms with Crippen molar-refractivity contribution < 1.29 is 18.4 Å². The minimum atomic E-state index is -3.13. The summed E-state index contributed by atoms with van der Waals surface area (Å²) in [6.45, 7) is 5.04. The summed E-state index contributed by atoms with van der Waals surface area (Å²) in [4.78, 5) is 26.6. The molecule has 0 fully saturated rings. The number of hydrogen-bond acceptors (Lipinski definition) is 3. The fourth-order valence-corrected chi connectivity index (χ4v) is 1.13. The molecule has 1 heterocycles. The van der Waals surface area contributed by atoms with Gasteiger partial charge in [-0.2, -0.15) is 0 Å². The number of pyridine rings is 1. The van der Waals surface area contributed by atoms with Crippen LogP contribution in [0.3, 0.4) is 0 Å². The molecule has 4 nitrogen and oxygen atoms in total. The summed E-state index contributed by atoms with van der Waals surface area (Å²) in [5.74, 6) is -1.72. The first kappa shape index (κ1) is 14.2. The Morgan fingerprint density at radius 1 is 1.33 bits per heavy atom. The van der Waals surface area contributed by atoms with Gasteiger partial charge in [-0.05, 0) is 6.07 Å². The first-order valence-corrected chi connectivity index (χ1v) is 5.31. The lowest BCUT2D eigenvalue weighted by molar-refractivity contribution is -0.123. The summed E-state index contributed by atoms with van der Waals surface area (Å²) < 4.78 is 24.8. The molecule has 0 radical (unpaired) electrons. The van der Waals surface area contributed by atoms with Gasteiger partial charge in [0.2, 0.25) is 11.7 Å². The molecule has 0 aliphatic carbocycles. The zero-order valence-corrected chi connectivity index (χ0v) is 10.3. The van der Waals surface area contributed by atoms with Crippen LogP contribution in [0.2, 0.25) is 0 Å². The first-order valence-electron chi connectivity index (χ1n) is 5.31. The minimum Gasteiger partial charge on any atom is -0.325 e. The van der Waals surface area contributed by atoms with Crippen LogP contribution in [0.15, 0.2) is 18.5 Å². The molecule has 98 valence electrons. The second-order valence-electron chi connectivity index (χ2n) is 4.79. The Hall–Kier alpha value is -1.85. The van der Waals surface area contributed by atoms with E-state index < -0.39 is 17.6 Å². The van der Waals surface area contributed by atoms with Gasteiger partial charge in [0.05, 0.1) is 11.3 Å². The van der Waals surface area contributed by atoms with Crippen molar-refractivity contribution in [3.63, 3.8) is 0 Å². The molecule has 0 atom stereocenters. The van der Waals surface area contributed by atoms with Crippen molar-refractivity contribution in [2.24, 2.45) is 5.41 Å². The lowest BCUT2D eigenvalue weighted by Gasteiger charge is -2.18. The second-order valence-corrected chi connectivity index (χ2v) is 4.79. The second kappa shape index (κ2) is 5.20. The van der Waals surface area contributed by atoms with E-state index in [2.05, 4.69) is 10.3 Å². The number of rotatable bonds is 3. The molecule has 1 amide bonds. The Morgan fingerprint density at radius 3 is 2.44 bits per heavy atom. The van der Waals surface area contributed by atoms with Gasteiger partial charge in [0.25, 0.3) is 0 Å². The summed E-state index contributed by atoms with van der Waals surface area (Å²) in [6, 6.07) is 1.32. The fourth-order valence-electron chi connectivity index (χ4n) is 1.13.